The maximum absolute atomic E-state index is 13.4. The number of para-hydroxylation sites is 4. The van der Waals surface area contributed by atoms with E-state index in [0.717, 1.165) is 65.6 Å². The van der Waals surface area contributed by atoms with Crippen molar-refractivity contribution in [2.45, 2.75) is 35.5 Å². The molecule has 5 aromatic rings. The summed E-state index contributed by atoms with van der Waals surface area (Å²) in [6.45, 7) is 5.02. The van der Waals surface area contributed by atoms with E-state index in [1.165, 1.54) is 0 Å². The lowest BCUT2D eigenvalue weighted by Crippen LogP contribution is -2.15. The normalized spacial score (nSPS) is 12.0. The van der Waals surface area contributed by atoms with Crippen LogP contribution < -0.4 is 19.1 Å². The van der Waals surface area contributed by atoms with Crippen LogP contribution >= 0.6 is 0 Å². The standard InChI is InChI=1S/C38H35NO5S/c1-2-29-15-19-31(20-16-29)42-27-9-3-4-10-28-43-32-21-25-34(26-22-32)45(40,41)33-23-17-30(18-24-33)39-35-11-5-7-13-37(35)44-38-14-8-6-12-36(38)39/h2,5-8,11-26H,1,3-4,9-10,27-28H2. The fourth-order valence-corrected chi connectivity index (χ4v) is 6.51. The van der Waals surface area contributed by atoms with Crippen LogP contribution in [0.4, 0.5) is 17.1 Å². The zero-order valence-electron chi connectivity index (χ0n) is 25.0. The molecule has 0 saturated carbocycles. The maximum Gasteiger partial charge on any atom is 0.206 e. The highest BCUT2D eigenvalue weighted by atomic mass is 32.2. The number of rotatable bonds is 13. The first-order valence-electron chi connectivity index (χ1n) is 15.1. The minimum absolute atomic E-state index is 0.226. The minimum Gasteiger partial charge on any atom is -0.494 e. The second-order valence-electron chi connectivity index (χ2n) is 10.7. The third kappa shape index (κ3) is 6.89. The molecule has 228 valence electrons. The third-order valence-corrected chi connectivity index (χ3v) is 9.45. The molecule has 6 nitrogen and oxygen atoms in total. The molecule has 1 aliphatic rings. The second-order valence-corrected chi connectivity index (χ2v) is 12.7. The number of sulfone groups is 1. The fourth-order valence-electron chi connectivity index (χ4n) is 5.25. The Hall–Kier alpha value is -5.01. The van der Waals surface area contributed by atoms with Gasteiger partial charge in [0.1, 0.15) is 11.5 Å². The molecule has 6 rings (SSSR count). The topological polar surface area (TPSA) is 65.1 Å². The van der Waals surface area contributed by atoms with Gasteiger partial charge in [-0.2, -0.15) is 0 Å². The minimum atomic E-state index is -3.70. The van der Waals surface area contributed by atoms with Crippen LogP contribution in [0.15, 0.2) is 138 Å². The van der Waals surface area contributed by atoms with Gasteiger partial charge in [-0.1, -0.05) is 49.1 Å². The highest BCUT2D eigenvalue weighted by molar-refractivity contribution is 7.91. The Bertz CT molecular complexity index is 1810. The molecule has 0 atom stereocenters. The van der Waals surface area contributed by atoms with Gasteiger partial charge in [0.2, 0.25) is 9.84 Å². The number of benzene rings is 5. The Morgan fingerprint density at radius 1 is 0.600 bits per heavy atom. The van der Waals surface area contributed by atoms with E-state index in [2.05, 4.69) is 11.5 Å². The predicted molar refractivity (Wildman–Crippen MR) is 179 cm³/mol. The Kier molecular flexibility index (Phi) is 9.17. The largest absolute Gasteiger partial charge is 0.494 e. The molecule has 0 aliphatic carbocycles. The van der Waals surface area contributed by atoms with Crippen molar-refractivity contribution in [1.29, 1.82) is 0 Å². The summed E-state index contributed by atoms with van der Waals surface area (Å²) in [6, 6.07) is 37.1. The van der Waals surface area contributed by atoms with E-state index >= 15 is 0 Å². The summed E-state index contributed by atoms with van der Waals surface area (Å²) in [5, 5.41) is 0. The quantitative estimate of drug-likeness (QED) is 0.120. The van der Waals surface area contributed by atoms with Gasteiger partial charge in [0, 0.05) is 5.69 Å². The van der Waals surface area contributed by atoms with E-state index in [9.17, 15) is 8.42 Å². The highest BCUT2D eigenvalue weighted by Crippen LogP contribution is 2.50. The van der Waals surface area contributed by atoms with Crippen LogP contribution in [0.1, 0.15) is 31.2 Å². The van der Waals surface area contributed by atoms with Gasteiger partial charge >= 0.3 is 0 Å². The van der Waals surface area contributed by atoms with Crippen molar-refractivity contribution in [2.24, 2.45) is 0 Å². The summed E-state index contributed by atoms with van der Waals surface area (Å²) >= 11 is 0. The van der Waals surface area contributed by atoms with Gasteiger partial charge in [-0.05, 0) is 116 Å². The van der Waals surface area contributed by atoms with Crippen molar-refractivity contribution in [3.8, 4) is 23.0 Å². The first kappa shape index (κ1) is 30.0. The molecule has 0 spiro atoms. The number of hydrogen-bond acceptors (Lipinski definition) is 6. The molecule has 1 aliphatic heterocycles. The summed E-state index contributed by atoms with van der Waals surface area (Å²) in [5.74, 6) is 3.01. The Morgan fingerprint density at radius 3 is 1.58 bits per heavy atom. The number of anilines is 3. The average molecular weight is 618 g/mol. The summed E-state index contributed by atoms with van der Waals surface area (Å²) in [6.07, 6.45) is 5.79. The van der Waals surface area contributed by atoms with Crippen molar-refractivity contribution in [3.63, 3.8) is 0 Å². The van der Waals surface area contributed by atoms with Gasteiger partial charge in [0.15, 0.2) is 11.5 Å². The summed E-state index contributed by atoms with van der Waals surface area (Å²) in [5.41, 5.74) is 3.70. The van der Waals surface area contributed by atoms with E-state index in [0.29, 0.717) is 19.0 Å². The van der Waals surface area contributed by atoms with Gasteiger partial charge < -0.3 is 19.1 Å². The second kappa shape index (κ2) is 13.7. The fraction of sp³-hybridized carbons (Fsp3) is 0.158. The molecule has 0 radical (unpaired) electrons. The van der Waals surface area contributed by atoms with Crippen LogP contribution in [0.3, 0.4) is 0 Å². The first-order valence-corrected chi connectivity index (χ1v) is 16.6. The van der Waals surface area contributed by atoms with Crippen LogP contribution in [0.5, 0.6) is 23.0 Å². The summed E-state index contributed by atoms with van der Waals surface area (Å²) < 4.78 is 44.6. The molecule has 0 fully saturated rings. The Morgan fingerprint density at radius 2 is 1.07 bits per heavy atom. The van der Waals surface area contributed by atoms with E-state index in [1.54, 1.807) is 36.4 Å². The van der Waals surface area contributed by atoms with Gasteiger partial charge in [0.05, 0.1) is 34.4 Å². The molecule has 45 heavy (non-hydrogen) atoms. The molecular formula is C38H35NO5S. The van der Waals surface area contributed by atoms with Crippen LogP contribution in [-0.4, -0.2) is 21.6 Å². The van der Waals surface area contributed by atoms with Gasteiger partial charge in [-0.15, -0.1) is 0 Å². The van der Waals surface area contributed by atoms with E-state index < -0.39 is 9.84 Å². The van der Waals surface area contributed by atoms with Crippen molar-refractivity contribution in [3.05, 3.63) is 133 Å². The molecule has 0 bridgehead atoms. The van der Waals surface area contributed by atoms with Crippen LogP contribution in [-0.2, 0) is 9.84 Å². The summed E-state index contributed by atoms with van der Waals surface area (Å²) in [7, 11) is -3.70. The van der Waals surface area contributed by atoms with Crippen molar-refractivity contribution in [1.82, 2.24) is 0 Å². The van der Waals surface area contributed by atoms with Gasteiger partial charge in [-0.25, -0.2) is 8.42 Å². The van der Waals surface area contributed by atoms with Crippen LogP contribution in [0.25, 0.3) is 6.08 Å². The molecule has 0 N–H and O–H groups in total. The molecule has 1 heterocycles. The molecule has 0 saturated heterocycles. The van der Waals surface area contributed by atoms with Crippen LogP contribution in [0.2, 0.25) is 0 Å². The Balaban J connectivity index is 1.01. The van der Waals surface area contributed by atoms with E-state index in [1.807, 2.05) is 91.0 Å². The SMILES string of the molecule is C=Cc1ccc(OCCCCCCOc2ccc(S(=O)(=O)c3ccc(N4c5ccccc5Oc5ccccc54)cc3)cc2)cc1. The van der Waals surface area contributed by atoms with Crippen molar-refractivity contribution < 1.29 is 22.6 Å². The zero-order valence-corrected chi connectivity index (χ0v) is 25.8. The average Bonchev–Trinajstić information content (AvgIpc) is 3.09. The Labute approximate surface area is 265 Å². The van der Waals surface area contributed by atoms with Gasteiger partial charge in [-0.3, -0.25) is 0 Å². The lowest BCUT2D eigenvalue weighted by atomic mass is 10.1. The smallest absolute Gasteiger partial charge is 0.206 e. The molecule has 0 unspecified atom stereocenters. The van der Waals surface area contributed by atoms with Crippen LogP contribution in [0, 0.1) is 0 Å². The summed E-state index contributed by atoms with van der Waals surface area (Å²) in [4.78, 5) is 2.53. The predicted octanol–water partition coefficient (Wildman–Crippen LogP) is 9.76. The number of hydrogen-bond donors (Lipinski definition) is 0. The van der Waals surface area contributed by atoms with E-state index in [-0.39, 0.29) is 9.79 Å². The molecular weight excluding hydrogens is 582 g/mol. The van der Waals surface area contributed by atoms with Crippen molar-refractivity contribution >= 4 is 33.0 Å². The number of fused-ring (bicyclic) bond motifs is 2. The highest BCUT2D eigenvalue weighted by Gasteiger charge is 2.26. The number of ether oxygens (including phenoxy) is 3. The zero-order chi connectivity index (χ0) is 31.1. The molecule has 0 aromatic heterocycles. The van der Waals surface area contributed by atoms with Gasteiger partial charge in [0.25, 0.3) is 0 Å². The number of nitrogens with zero attached hydrogens (tertiary/aromatic N) is 1. The van der Waals surface area contributed by atoms with Crippen molar-refractivity contribution in [2.75, 3.05) is 18.1 Å². The molecule has 0 amide bonds. The lowest BCUT2D eigenvalue weighted by Gasteiger charge is -2.32. The molecule has 7 heteroatoms. The first-order chi connectivity index (χ1) is 22.0. The van der Waals surface area contributed by atoms with E-state index in [4.69, 9.17) is 14.2 Å². The molecule has 5 aromatic carbocycles. The lowest BCUT2D eigenvalue weighted by molar-refractivity contribution is 0.287. The monoisotopic (exact) mass is 617 g/mol. The number of unbranched alkanes of at least 4 members (excludes halogenated alkanes) is 3. The maximum atomic E-state index is 13.4. The third-order valence-electron chi connectivity index (χ3n) is 7.66.